The molecule has 0 atom stereocenters. The molecule has 0 aliphatic heterocycles. The lowest BCUT2D eigenvalue weighted by Crippen LogP contribution is -2.29. The third kappa shape index (κ3) is 6.21. The number of anilines is 1. The van der Waals surface area contributed by atoms with E-state index in [2.05, 4.69) is 10.0 Å². The van der Waals surface area contributed by atoms with Crippen molar-refractivity contribution in [1.82, 2.24) is 10.0 Å². The molecule has 6 nitrogen and oxygen atoms in total. The molecule has 0 heterocycles. The summed E-state index contributed by atoms with van der Waals surface area (Å²) >= 11 is 0. The van der Waals surface area contributed by atoms with E-state index in [-0.39, 0.29) is 5.91 Å². The molecule has 0 aliphatic rings. The molecule has 4 N–H and O–H groups in total. The number of sulfonamides is 1. The number of nitrogens with one attached hydrogen (secondary N) is 2. The first-order valence-electron chi connectivity index (χ1n) is 5.88. The molecule has 0 saturated heterocycles. The number of amides is 1. The van der Waals surface area contributed by atoms with Gasteiger partial charge in [0.1, 0.15) is 0 Å². The lowest BCUT2D eigenvalue weighted by molar-refractivity contribution is 0.0953. The van der Waals surface area contributed by atoms with Crippen molar-refractivity contribution in [2.24, 2.45) is 0 Å². The summed E-state index contributed by atoms with van der Waals surface area (Å²) in [6.45, 7) is 2.56. The minimum absolute atomic E-state index is 0.213. The molecule has 1 amide bonds. The van der Waals surface area contributed by atoms with Crippen molar-refractivity contribution >= 4 is 21.6 Å². The molecule has 1 aromatic carbocycles. The number of rotatable bonds is 6. The number of carbonyl (C=O) groups is 1. The van der Waals surface area contributed by atoms with E-state index in [0.717, 1.165) is 11.8 Å². The number of benzene rings is 1. The van der Waals surface area contributed by atoms with E-state index in [0.29, 0.717) is 30.8 Å². The van der Waals surface area contributed by atoms with Crippen molar-refractivity contribution < 1.29 is 13.2 Å². The highest BCUT2D eigenvalue weighted by Gasteiger charge is 2.06. The van der Waals surface area contributed by atoms with Crippen molar-refractivity contribution in [2.75, 3.05) is 25.1 Å². The van der Waals surface area contributed by atoms with Crippen molar-refractivity contribution in [3.05, 3.63) is 29.3 Å². The van der Waals surface area contributed by atoms with Gasteiger partial charge in [-0.25, -0.2) is 13.1 Å². The highest BCUT2D eigenvalue weighted by Crippen LogP contribution is 2.10. The predicted octanol–water partition coefficient (Wildman–Crippen LogP) is 0.246. The Hall–Kier alpha value is -1.60. The Bertz CT molecular complexity index is 535. The second-order valence-corrected chi connectivity index (χ2v) is 6.24. The van der Waals surface area contributed by atoms with Crippen LogP contribution in [0.1, 0.15) is 22.3 Å². The second-order valence-electron chi connectivity index (χ2n) is 4.41. The quantitative estimate of drug-likeness (QED) is 0.515. The van der Waals surface area contributed by atoms with Crippen LogP contribution in [0.5, 0.6) is 0 Å². The molecule has 0 aromatic heterocycles. The molecule has 1 aromatic rings. The van der Waals surface area contributed by atoms with Gasteiger partial charge in [0.25, 0.3) is 5.91 Å². The van der Waals surface area contributed by atoms with Gasteiger partial charge in [0.2, 0.25) is 10.0 Å². The summed E-state index contributed by atoms with van der Waals surface area (Å²) in [6.07, 6.45) is 1.63. The Labute approximate surface area is 113 Å². The van der Waals surface area contributed by atoms with Crippen LogP contribution in [0.25, 0.3) is 0 Å². The van der Waals surface area contributed by atoms with Crippen LogP contribution in [-0.4, -0.2) is 33.7 Å². The topological polar surface area (TPSA) is 101 Å². The Balaban J connectivity index is 2.39. The van der Waals surface area contributed by atoms with E-state index in [4.69, 9.17) is 5.73 Å². The first-order chi connectivity index (χ1) is 8.78. The van der Waals surface area contributed by atoms with E-state index in [1.807, 2.05) is 6.92 Å². The molecule has 1 rings (SSSR count). The lowest BCUT2D eigenvalue weighted by Gasteiger charge is -2.07. The smallest absolute Gasteiger partial charge is 0.251 e. The number of nitrogens with two attached hydrogens (primary N) is 1. The van der Waals surface area contributed by atoms with Crippen LogP contribution in [0.2, 0.25) is 0 Å². The van der Waals surface area contributed by atoms with E-state index in [9.17, 15) is 13.2 Å². The van der Waals surface area contributed by atoms with Crippen LogP contribution in [0, 0.1) is 6.92 Å². The Morgan fingerprint density at radius 3 is 2.53 bits per heavy atom. The summed E-state index contributed by atoms with van der Waals surface area (Å²) in [5.74, 6) is -0.213. The van der Waals surface area contributed by atoms with Crippen molar-refractivity contribution in [2.45, 2.75) is 13.3 Å². The largest absolute Gasteiger partial charge is 0.399 e. The molecule has 0 fully saturated rings. The second kappa shape index (κ2) is 6.53. The predicted molar refractivity (Wildman–Crippen MR) is 75.4 cm³/mol. The number of nitrogen functional groups attached to an aromatic ring is 1. The maximum absolute atomic E-state index is 11.8. The highest BCUT2D eigenvalue weighted by atomic mass is 32.2. The average molecular weight is 285 g/mol. The van der Waals surface area contributed by atoms with Crippen LogP contribution >= 0.6 is 0 Å². The zero-order valence-corrected chi connectivity index (χ0v) is 11.9. The van der Waals surface area contributed by atoms with Crippen LogP contribution in [-0.2, 0) is 10.0 Å². The van der Waals surface area contributed by atoms with Gasteiger partial charge < -0.3 is 11.1 Å². The Kier molecular flexibility index (Phi) is 5.31. The van der Waals surface area contributed by atoms with Crippen LogP contribution in [0.4, 0.5) is 5.69 Å². The first-order valence-corrected chi connectivity index (χ1v) is 7.77. The molecule has 0 saturated carbocycles. The maximum atomic E-state index is 11.8. The number of hydrogen-bond donors (Lipinski definition) is 3. The fourth-order valence-corrected chi connectivity index (χ4v) is 2.11. The fraction of sp³-hybridized carbons (Fsp3) is 0.417. The Morgan fingerprint density at radius 1 is 1.26 bits per heavy atom. The first kappa shape index (κ1) is 15.5. The van der Waals surface area contributed by atoms with Crippen molar-refractivity contribution in [3.63, 3.8) is 0 Å². The zero-order chi connectivity index (χ0) is 14.5. The molecule has 19 heavy (non-hydrogen) atoms. The lowest BCUT2D eigenvalue weighted by atomic mass is 10.1. The summed E-state index contributed by atoms with van der Waals surface area (Å²) in [6, 6.07) is 5.14. The summed E-state index contributed by atoms with van der Waals surface area (Å²) in [7, 11) is -3.17. The fourth-order valence-electron chi connectivity index (χ4n) is 1.59. The maximum Gasteiger partial charge on any atom is 0.251 e. The van der Waals surface area contributed by atoms with Crippen LogP contribution in [0.15, 0.2) is 18.2 Å². The van der Waals surface area contributed by atoms with Crippen LogP contribution in [0.3, 0.4) is 0 Å². The van der Waals surface area contributed by atoms with Gasteiger partial charge in [-0.3, -0.25) is 4.79 Å². The minimum atomic E-state index is -3.17. The summed E-state index contributed by atoms with van der Waals surface area (Å²) in [4.78, 5) is 11.8. The Morgan fingerprint density at radius 2 is 1.95 bits per heavy atom. The van der Waals surface area contributed by atoms with Gasteiger partial charge in [0.05, 0.1) is 6.26 Å². The monoisotopic (exact) mass is 285 g/mol. The molecule has 0 radical (unpaired) electrons. The van der Waals surface area contributed by atoms with Crippen molar-refractivity contribution in [1.29, 1.82) is 0 Å². The van der Waals surface area contributed by atoms with Gasteiger partial charge in [-0.05, 0) is 37.1 Å². The molecular formula is C12H19N3O3S. The number of aryl methyl sites for hydroxylation is 1. The standard InChI is InChI=1S/C12H19N3O3S/c1-9-6-10(8-11(13)7-9)12(16)14-4-3-5-15-19(2,17)18/h6-8,15H,3-5,13H2,1-2H3,(H,14,16). The summed E-state index contributed by atoms with van der Waals surface area (Å²) < 4.78 is 24.0. The van der Waals surface area contributed by atoms with Gasteiger partial charge in [-0.2, -0.15) is 0 Å². The minimum Gasteiger partial charge on any atom is -0.399 e. The van der Waals surface area contributed by atoms with Gasteiger partial charge in [0, 0.05) is 24.3 Å². The van der Waals surface area contributed by atoms with Crippen molar-refractivity contribution in [3.8, 4) is 0 Å². The summed E-state index contributed by atoms with van der Waals surface area (Å²) in [5, 5.41) is 2.71. The van der Waals surface area contributed by atoms with Gasteiger partial charge in [0.15, 0.2) is 0 Å². The highest BCUT2D eigenvalue weighted by molar-refractivity contribution is 7.88. The van der Waals surface area contributed by atoms with E-state index in [1.165, 1.54) is 0 Å². The summed E-state index contributed by atoms with van der Waals surface area (Å²) in [5.41, 5.74) is 7.64. The van der Waals surface area contributed by atoms with Gasteiger partial charge in [-0.15, -0.1) is 0 Å². The number of hydrogen-bond acceptors (Lipinski definition) is 4. The van der Waals surface area contributed by atoms with Crippen LogP contribution < -0.4 is 15.8 Å². The van der Waals surface area contributed by atoms with E-state index >= 15 is 0 Å². The molecular weight excluding hydrogens is 266 g/mol. The number of carbonyl (C=O) groups excluding carboxylic acids is 1. The molecule has 0 unspecified atom stereocenters. The average Bonchev–Trinajstić information content (AvgIpc) is 2.25. The van der Waals surface area contributed by atoms with Gasteiger partial charge in [-0.1, -0.05) is 0 Å². The van der Waals surface area contributed by atoms with E-state index in [1.54, 1.807) is 18.2 Å². The molecule has 7 heteroatoms. The SMILES string of the molecule is Cc1cc(N)cc(C(=O)NCCCNS(C)(=O)=O)c1. The third-order valence-electron chi connectivity index (χ3n) is 2.37. The third-order valence-corrected chi connectivity index (χ3v) is 3.09. The van der Waals surface area contributed by atoms with Gasteiger partial charge >= 0.3 is 0 Å². The molecule has 0 bridgehead atoms. The molecule has 0 spiro atoms. The zero-order valence-electron chi connectivity index (χ0n) is 11.1. The molecule has 106 valence electrons. The normalized spacial score (nSPS) is 11.3. The van der Waals surface area contributed by atoms with E-state index < -0.39 is 10.0 Å². The molecule has 0 aliphatic carbocycles.